The number of hydrogen-bond donors (Lipinski definition) is 1. The van der Waals surface area contributed by atoms with Crippen LogP contribution < -0.4 is 10.1 Å². The molecule has 27 heavy (non-hydrogen) atoms. The summed E-state index contributed by atoms with van der Waals surface area (Å²) in [4.78, 5) is 15.1. The second-order valence-electron chi connectivity index (χ2n) is 7.27. The van der Waals surface area contributed by atoms with Crippen LogP contribution in [0.2, 0.25) is 0 Å². The summed E-state index contributed by atoms with van der Waals surface area (Å²) in [5.41, 5.74) is 1.04. The summed E-state index contributed by atoms with van der Waals surface area (Å²) in [5.74, 6) is 0.777. The van der Waals surface area contributed by atoms with Gasteiger partial charge in [-0.05, 0) is 74.8 Å². The fraction of sp³-hybridized carbons (Fsp3) is 0.522. The van der Waals surface area contributed by atoms with Crippen molar-refractivity contribution in [1.29, 1.82) is 0 Å². The van der Waals surface area contributed by atoms with Gasteiger partial charge in [0.2, 0.25) is 5.91 Å². The molecule has 4 heteroatoms. The highest BCUT2D eigenvalue weighted by Crippen LogP contribution is 2.25. The van der Waals surface area contributed by atoms with Gasteiger partial charge in [-0.25, -0.2) is 0 Å². The van der Waals surface area contributed by atoms with E-state index in [9.17, 15) is 4.79 Å². The van der Waals surface area contributed by atoms with Gasteiger partial charge in [-0.15, -0.1) is 0 Å². The van der Waals surface area contributed by atoms with Crippen LogP contribution in [0.25, 0.3) is 10.8 Å². The molecule has 2 atom stereocenters. The van der Waals surface area contributed by atoms with Crippen molar-refractivity contribution in [2.45, 2.75) is 52.5 Å². The summed E-state index contributed by atoms with van der Waals surface area (Å²) < 4.78 is 5.28. The van der Waals surface area contributed by atoms with Gasteiger partial charge in [-0.2, -0.15) is 0 Å². The van der Waals surface area contributed by atoms with Gasteiger partial charge in [-0.3, -0.25) is 4.79 Å². The largest absolute Gasteiger partial charge is 0.497 e. The van der Waals surface area contributed by atoms with E-state index in [1.807, 2.05) is 31.2 Å². The van der Waals surface area contributed by atoms with Gasteiger partial charge >= 0.3 is 0 Å². The van der Waals surface area contributed by atoms with E-state index in [0.29, 0.717) is 0 Å². The first kappa shape index (κ1) is 21.2. The van der Waals surface area contributed by atoms with Gasteiger partial charge in [-0.1, -0.05) is 38.1 Å². The number of nitrogens with zero attached hydrogens (tertiary/aromatic N) is 1. The predicted octanol–water partition coefficient (Wildman–Crippen LogP) is 4.58. The molecule has 0 saturated heterocycles. The Hall–Kier alpha value is -2.07. The van der Waals surface area contributed by atoms with E-state index in [1.54, 1.807) is 7.11 Å². The van der Waals surface area contributed by atoms with E-state index in [0.717, 1.165) is 54.6 Å². The zero-order chi connectivity index (χ0) is 19.8. The Balaban J connectivity index is 1.93. The molecule has 0 heterocycles. The Morgan fingerprint density at radius 3 is 2.41 bits per heavy atom. The summed E-state index contributed by atoms with van der Waals surface area (Å²) in [7, 11) is 1.67. The first-order chi connectivity index (χ1) is 13.0. The number of amides is 1. The smallest absolute Gasteiger partial charge is 0.227 e. The molecule has 0 spiro atoms. The summed E-state index contributed by atoms with van der Waals surface area (Å²) >= 11 is 0. The lowest BCUT2D eigenvalue weighted by atomic mass is 9.96. The third-order valence-electron chi connectivity index (χ3n) is 5.36. The van der Waals surface area contributed by atoms with Crippen LogP contribution in [0.4, 0.5) is 0 Å². The van der Waals surface area contributed by atoms with E-state index < -0.39 is 0 Å². The Morgan fingerprint density at radius 2 is 1.74 bits per heavy atom. The fourth-order valence-electron chi connectivity index (χ4n) is 3.39. The third-order valence-corrected chi connectivity index (χ3v) is 5.36. The first-order valence-electron chi connectivity index (χ1n) is 10.1. The number of rotatable bonds is 10. The average molecular weight is 371 g/mol. The summed E-state index contributed by atoms with van der Waals surface area (Å²) in [6.45, 7) is 11.7. The van der Waals surface area contributed by atoms with Crippen LogP contribution in [0.5, 0.6) is 5.75 Å². The molecule has 4 nitrogen and oxygen atoms in total. The number of methoxy groups -OCH3 is 1. The SMILES string of the molecule is CCN(CC)CCCC(C)NC(=O)C(C)c1ccc2cc(OC)ccc2c1. The van der Waals surface area contributed by atoms with Gasteiger partial charge in [0.1, 0.15) is 5.75 Å². The van der Waals surface area contributed by atoms with E-state index in [4.69, 9.17) is 4.74 Å². The molecule has 0 aliphatic carbocycles. The number of benzene rings is 2. The van der Waals surface area contributed by atoms with E-state index in [-0.39, 0.29) is 17.9 Å². The number of carbonyl (C=O) groups is 1. The van der Waals surface area contributed by atoms with Crippen LogP contribution in [0.3, 0.4) is 0 Å². The maximum Gasteiger partial charge on any atom is 0.227 e. The Bertz CT molecular complexity index is 740. The highest BCUT2D eigenvalue weighted by Gasteiger charge is 2.17. The Morgan fingerprint density at radius 1 is 1.07 bits per heavy atom. The fourth-order valence-corrected chi connectivity index (χ4v) is 3.39. The maximum absolute atomic E-state index is 12.7. The second kappa shape index (κ2) is 10.3. The Kier molecular flexibility index (Phi) is 8.11. The van der Waals surface area contributed by atoms with E-state index in [1.165, 1.54) is 0 Å². The molecule has 2 unspecified atom stereocenters. The van der Waals surface area contributed by atoms with Crippen molar-refractivity contribution in [2.24, 2.45) is 0 Å². The van der Waals surface area contributed by atoms with Gasteiger partial charge in [0.25, 0.3) is 0 Å². The van der Waals surface area contributed by atoms with Gasteiger partial charge in [0.15, 0.2) is 0 Å². The molecular weight excluding hydrogens is 336 g/mol. The number of ether oxygens (including phenoxy) is 1. The third kappa shape index (κ3) is 5.96. The molecular formula is C23H34N2O2. The normalized spacial score (nSPS) is 13.6. The standard InChI is InChI=1S/C23H34N2O2/c1-6-25(7-2)14-8-9-17(3)24-23(26)18(4)19-10-11-21-16-22(27-5)13-12-20(21)15-19/h10-13,15-18H,6-9,14H2,1-5H3,(H,24,26). The topological polar surface area (TPSA) is 41.6 Å². The molecule has 1 N–H and O–H groups in total. The lowest BCUT2D eigenvalue weighted by Gasteiger charge is -2.21. The zero-order valence-electron chi connectivity index (χ0n) is 17.4. The zero-order valence-corrected chi connectivity index (χ0v) is 17.4. The predicted molar refractivity (Wildman–Crippen MR) is 114 cm³/mol. The molecule has 0 radical (unpaired) electrons. The van der Waals surface area contributed by atoms with Crippen molar-refractivity contribution in [2.75, 3.05) is 26.7 Å². The van der Waals surface area contributed by atoms with Crippen LogP contribution in [0.1, 0.15) is 52.0 Å². The Labute approximate surface area is 163 Å². The van der Waals surface area contributed by atoms with Gasteiger partial charge in [0.05, 0.1) is 13.0 Å². The van der Waals surface area contributed by atoms with Crippen molar-refractivity contribution < 1.29 is 9.53 Å². The second-order valence-corrected chi connectivity index (χ2v) is 7.27. The number of hydrogen-bond acceptors (Lipinski definition) is 3. The van der Waals surface area contributed by atoms with Crippen LogP contribution >= 0.6 is 0 Å². The van der Waals surface area contributed by atoms with Crippen LogP contribution in [-0.2, 0) is 4.79 Å². The maximum atomic E-state index is 12.7. The molecule has 2 aromatic rings. The molecule has 0 aromatic heterocycles. The van der Waals surface area contributed by atoms with Crippen molar-refractivity contribution in [3.8, 4) is 5.75 Å². The van der Waals surface area contributed by atoms with Crippen LogP contribution in [0, 0.1) is 0 Å². The highest BCUT2D eigenvalue weighted by molar-refractivity contribution is 5.88. The van der Waals surface area contributed by atoms with Crippen molar-refractivity contribution in [3.63, 3.8) is 0 Å². The summed E-state index contributed by atoms with van der Waals surface area (Å²) in [5, 5.41) is 5.42. The molecule has 2 rings (SSSR count). The first-order valence-corrected chi connectivity index (χ1v) is 10.1. The minimum Gasteiger partial charge on any atom is -0.497 e. The van der Waals surface area contributed by atoms with Crippen LogP contribution in [-0.4, -0.2) is 43.6 Å². The molecule has 0 bridgehead atoms. The number of fused-ring (bicyclic) bond motifs is 1. The minimum atomic E-state index is -0.165. The van der Waals surface area contributed by atoms with E-state index in [2.05, 4.69) is 43.1 Å². The molecule has 2 aromatic carbocycles. The summed E-state index contributed by atoms with van der Waals surface area (Å²) in [6, 6.07) is 12.4. The molecule has 0 aliphatic rings. The molecule has 0 aliphatic heterocycles. The minimum absolute atomic E-state index is 0.0956. The average Bonchev–Trinajstić information content (AvgIpc) is 2.69. The lowest BCUT2D eigenvalue weighted by molar-refractivity contribution is -0.122. The van der Waals surface area contributed by atoms with Gasteiger partial charge < -0.3 is 15.0 Å². The molecule has 1 amide bonds. The van der Waals surface area contributed by atoms with Gasteiger partial charge in [0, 0.05) is 6.04 Å². The molecule has 0 fully saturated rings. The van der Waals surface area contributed by atoms with Crippen molar-refractivity contribution >= 4 is 16.7 Å². The number of nitrogens with one attached hydrogen (secondary N) is 1. The monoisotopic (exact) mass is 370 g/mol. The number of carbonyl (C=O) groups excluding carboxylic acids is 1. The van der Waals surface area contributed by atoms with Crippen molar-refractivity contribution in [1.82, 2.24) is 10.2 Å². The van der Waals surface area contributed by atoms with Crippen LogP contribution in [0.15, 0.2) is 36.4 Å². The molecule has 148 valence electrons. The van der Waals surface area contributed by atoms with Crippen molar-refractivity contribution in [3.05, 3.63) is 42.0 Å². The quantitative estimate of drug-likeness (QED) is 0.666. The van der Waals surface area contributed by atoms with E-state index >= 15 is 0 Å². The lowest BCUT2D eigenvalue weighted by Crippen LogP contribution is -2.36. The highest BCUT2D eigenvalue weighted by atomic mass is 16.5. The molecule has 0 saturated carbocycles. The summed E-state index contributed by atoms with van der Waals surface area (Å²) in [6.07, 6.45) is 2.11.